The quantitative estimate of drug-likeness (QED) is 0.802. The number of nitrogens with zero attached hydrogens (tertiary/aromatic N) is 2. The topological polar surface area (TPSA) is 6.48 Å². The van der Waals surface area contributed by atoms with Crippen molar-refractivity contribution in [3.8, 4) is 0 Å². The Bertz CT molecular complexity index is 795. The van der Waals surface area contributed by atoms with E-state index in [1.807, 2.05) is 12.1 Å². The van der Waals surface area contributed by atoms with Crippen LogP contribution in [0, 0.1) is 11.2 Å². The second-order valence-corrected chi connectivity index (χ2v) is 8.96. The average molecular weight is 365 g/mol. The number of hydrogen-bond donors (Lipinski definition) is 0. The fourth-order valence-corrected chi connectivity index (χ4v) is 5.72. The molecule has 2 heterocycles. The molecule has 1 spiro atoms. The molecule has 0 aromatic heterocycles. The van der Waals surface area contributed by atoms with Gasteiger partial charge in [0.2, 0.25) is 0 Å². The minimum Gasteiger partial charge on any atom is -0.299 e. The van der Waals surface area contributed by atoms with Crippen LogP contribution < -0.4 is 0 Å². The lowest BCUT2D eigenvalue weighted by Crippen LogP contribution is -2.45. The largest absolute Gasteiger partial charge is 0.299 e. The van der Waals surface area contributed by atoms with Crippen LogP contribution >= 0.6 is 0 Å². The van der Waals surface area contributed by atoms with Crippen LogP contribution in [0.1, 0.15) is 36.0 Å². The zero-order valence-electron chi connectivity index (χ0n) is 16.0. The van der Waals surface area contributed by atoms with Crippen LogP contribution in [0.15, 0.2) is 48.5 Å². The van der Waals surface area contributed by atoms with E-state index >= 15 is 0 Å². The van der Waals surface area contributed by atoms with Gasteiger partial charge >= 0.3 is 0 Å². The van der Waals surface area contributed by atoms with Crippen molar-refractivity contribution >= 4 is 0 Å². The summed E-state index contributed by atoms with van der Waals surface area (Å²) in [6.07, 6.45) is 6.30. The molecule has 0 saturated carbocycles. The van der Waals surface area contributed by atoms with E-state index in [0.29, 0.717) is 11.5 Å². The van der Waals surface area contributed by atoms with Gasteiger partial charge in [-0.05, 0) is 67.8 Å². The van der Waals surface area contributed by atoms with Crippen molar-refractivity contribution in [2.45, 2.75) is 44.7 Å². The van der Waals surface area contributed by atoms with Crippen LogP contribution in [-0.2, 0) is 19.4 Å². The van der Waals surface area contributed by atoms with Crippen LogP contribution in [0.25, 0.3) is 0 Å². The van der Waals surface area contributed by atoms with E-state index in [9.17, 15) is 4.39 Å². The molecule has 3 heteroatoms. The number of rotatable bonds is 3. The maximum absolute atomic E-state index is 14.1. The molecule has 142 valence electrons. The van der Waals surface area contributed by atoms with Gasteiger partial charge in [-0.1, -0.05) is 42.5 Å². The number of fused-ring (bicyclic) bond motifs is 1. The van der Waals surface area contributed by atoms with Gasteiger partial charge < -0.3 is 0 Å². The molecular formula is C24H29FN2. The van der Waals surface area contributed by atoms with E-state index in [-0.39, 0.29) is 5.82 Å². The summed E-state index contributed by atoms with van der Waals surface area (Å²) in [4.78, 5) is 5.25. The second-order valence-electron chi connectivity index (χ2n) is 8.96. The van der Waals surface area contributed by atoms with E-state index in [1.165, 1.54) is 45.2 Å². The number of piperidine rings is 1. The first kappa shape index (κ1) is 17.4. The summed E-state index contributed by atoms with van der Waals surface area (Å²) < 4.78 is 14.1. The molecule has 2 aromatic rings. The molecule has 0 N–H and O–H groups in total. The molecule has 3 aliphatic rings. The molecule has 27 heavy (non-hydrogen) atoms. The predicted molar refractivity (Wildman–Crippen MR) is 107 cm³/mol. The van der Waals surface area contributed by atoms with Gasteiger partial charge in [0.05, 0.1) is 0 Å². The van der Waals surface area contributed by atoms with Gasteiger partial charge in [0.25, 0.3) is 0 Å². The fourth-order valence-electron chi connectivity index (χ4n) is 5.72. The summed E-state index contributed by atoms with van der Waals surface area (Å²) >= 11 is 0. The zero-order valence-corrected chi connectivity index (χ0v) is 16.0. The van der Waals surface area contributed by atoms with Gasteiger partial charge in [-0.15, -0.1) is 0 Å². The molecule has 0 bridgehead atoms. The molecule has 1 atom stereocenters. The number of hydrogen-bond acceptors (Lipinski definition) is 2. The van der Waals surface area contributed by atoms with E-state index in [0.717, 1.165) is 25.2 Å². The maximum Gasteiger partial charge on any atom is 0.127 e. The predicted octanol–water partition coefficient (Wildman–Crippen LogP) is 4.28. The Balaban J connectivity index is 1.24. The molecular weight excluding hydrogens is 335 g/mol. The smallest absolute Gasteiger partial charge is 0.127 e. The van der Waals surface area contributed by atoms with Crippen molar-refractivity contribution < 1.29 is 4.39 Å². The highest BCUT2D eigenvalue weighted by molar-refractivity contribution is 5.33. The Labute approximate surface area is 162 Å². The Hall–Kier alpha value is -1.71. The highest BCUT2D eigenvalue weighted by Crippen LogP contribution is 2.41. The molecule has 1 unspecified atom stereocenters. The third-order valence-electron chi connectivity index (χ3n) is 7.11. The molecule has 5 rings (SSSR count). The maximum atomic E-state index is 14.1. The molecule has 1 aliphatic carbocycles. The highest BCUT2D eigenvalue weighted by atomic mass is 19.1. The summed E-state index contributed by atoms with van der Waals surface area (Å²) in [6, 6.07) is 16.9. The number of halogens is 1. The molecule has 2 aromatic carbocycles. The van der Waals surface area contributed by atoms with Gasteiger partial charge in [0.15, 0.2) is 0 Å². The summed E-state index contributed by atoms with van der Waals surface area (Å²) in [6.45, 7) is 5.43. The van der Waals surface area contributed by atoms with E-state index in [2.05, 4.69) is 34.1 Å². The lowest BCUT2D eigenvalue weighted by Gasteiger charge is -2.41. The van der Waals surface area contributed by atoms with Crippen molar-refractivity contribution in [2.75, 3.05) is 26.2 Å². The monoisotopic (exact) mass is 364 g/mol. The number of benzene rings is 2. The first-order valence-corrected chi connectivity index (χ1v) is 10.5. The Morgan fingerprint density at radius 3 is 2.41 bits per heavy atom. The van der Waals surface area contributed by atoms with Gasteiger partial charge in [0.1, 0.15) is 5.82 Å². The molecule has 0 amide bonds. The van der Waals surface area contributed by atoms with Crippen LogP contribution in [0.5, 0.6) is 0 Å². The van der Waals surface area contributed by atoms with Crippen LogP contribution in [0.4, 0.5) is 4.39 Å². The summed E-state index contributed by atoms with van der Waals surface area (Å²) in [5, 5.41) is 0. The molecule has 2 nitrogen and oxygen atoms in total. The Morgan fingerprint density at radius 2 is 1.63 bits per heavy atom. The Morgan fingerprint density at radius 1 is 0.889 bits per heavy atom. The fraction of sp³-hybridized carbons (Fsp3) is 0.500. The van der Waals surface area contributed by atoms with Crippen molar-refractivity contribution in [1.82, 2.24) is 9.80 Å². The standard InChI is InChI=1S/C24H29FN2/c25-23-9-4-3-8-21(23)16-26-12-5-10-24(17-26)11-13-27(18-24)22-14-19-6-1-2-7-20(19)15-22/h1-4,6-9,22H,5,10-18H2. The third-order valence-corrected chi connectivity index (χ3v) is 7.11. The van der Waals surface area contributed by atoms with Crippen molar-refractivity contribution in [2.24, 2.45) is 5.41 Å². The minimum atomic E-state index is -0.0612. The van der Waals surface area contributed by atoms with E-state index in [4.69, 9.17) is 0 Å². The first-order chi connectivity index (χ1) is 13.2. The summed E-state index contributed by atoms with van der Waals surface area (Å²) in [5.74, 6) is -0.0612. The molecule has 2 fully saturated rings. The van der Waals surface area contributed by atoms with E-state index in [1.54, 1.807) is 23.3 Å². The van der Waals surface area contributed by atoms with Crippen molar-refractivity contribution in [3.05, 3.63) is 71.0 Å². The summed E-state index contributed by atoms with van der Waals surface area (Å²) in [5.41, 5.74) is 4.36. The third kappa shape index (κ3) is 3.43. The van der Waals surface area contributed by atoms with E-state index < -0.39 is 0 Å². The van der Waals surface area contributed by atoms with Crippen molar-refractivity contribution in [3.63, 3.8) is 0 Å². The molecule has 2 aliphatic heterocycles. The SMILES string of the molecule is Fc1ccccc1CN1CCCC2(CCN(C3Cc4ccccc4C3)C2)C1. The minimum absolute atomic E-state index is 0.0612. The first-order valence-electron chi connectivity index (χ1n) is 10.5. The van der Waals surface area contributed by atoms with Crippen molar-refractivity contribution in [1.29, 1.82) is 0 Å². The molecule has 2 saturated heterocycles. The van der Waals surface area contributed by atoms with Gasteiger partial charge in [-0.3, -0.25) is 9.80 Å². The zero-order chi connectivity index (χ0) is 18.3. The second kappa shape index (κ2) is 7.03. The lowest BCUT2D eigenvalue weighted by molar-refractivity contribution is 0.0813. The van der Waals surface area contributed by atoms with Gasteiger partial charge in [-0.2, -0.15) is 0 Å². The molecule has 0 radical (unpaired) electrons. The lowest BCUT2D eigenvalue weighted by atomic mass is 9.79. The summed E-state index contributed by atoms with van der Waals surface area (Å²) in [7, 11) is 0. The van der Waals surface area contributed by atoms with Crippen LogP contribution in [0.2, 0.25) is 0 Å². The average Bonchev–Trinajstić information content (AvgIpc) is 3.28. The van der Waals surface area contributed by atoms with Crippen LogP contribution in [0.3, 0.4) is 0 Å². The van der Waals surface area contributed by atoms with Crippen LogP contribution in [-0.4, -0.2) is 42.0 Å². The normalized spacial score (nSPS) is 26.7. The Kier molecular flexibility index (Phi) is 4.53. The highest BCUT2D eigenvalue weighted by Gasteiger charge is 2.43. The van der Waals surface area contributed by atoms with Gasteiger partial charge in [0, 0.05) is 31.2 Å². The van der Waals surface area contributed by atoms with Gasteiger partial charge in [-0.25, -0.2) is 4.39 Å². The number of likely N-dealkylation sites (tertiary alicyclic amines) is 2.